The van der Waals surface area contributed by atoms with Crippen LogP contribution in [-0.2, 0) is 7.05 Å². The molecule has 0 aliphatic carbocycles. The number of likely N-dealkylation sites (tertiary alicyclic amines) is 1. The SMILES string of the molecule is Cc1nc(-c2c(C)c(C)nn(C)c2=O)sc1C(=O)NCC(c1cccs1)N1CCC(C)CC1. The van der Waals surface area contributed by atoms with Gasteiger partial charge in [-0.15, -0.1) is 22.7 Å². The second-order valence-corrected chi connectivity index (χ2v) is 10.9. The fourth-order valence-electron chi connectivity index (χ4n) is 4.31. The number of nitrogens with one attached hydrogen (secondary N) is 1. The lowest BCUT2D eigenvalue weighted by atomic mass is 9.97. The largest absolute Gasteiger partial charge is 0.349 e. The minimum atomic E-state index is -0.198. The minimum Gasteiger partial charge on any atom is -0.349 e. The lowest BCUT2D eigenvalue weighted by Gasteiger charge is -2.36. The Morgan fingerprint density at radius 1 is 1.24 bits per heavy atom. The Bertz CT molecular complexity index is 1190. The van der Waals surface area contributed by atoms with E-state index in [0.717, 1.165) is 30.3 Å². The Kier molecular flexibility index (Phi) is 7.11. The van der Waals surface area contributed by atoms with Gasteiger partial charge in [0.15, 0.2) is 0 Å². The molecule has 9 heteroatoms. The smallest absolute Gasteiger partial charge is 0.277 e. The van der Waals surface area contributed by atoms with Crippen molar-refractivity contribution in [3.63, 3.8) is 0 Å². The first-order chi connectivity index (χ1) is 15.8. The summed E-state index contributed by atoms with van der Waals surface area (Å²) < 4.78 is 1.33. The zero-order chi connectivity index (χ0) is 23.7. The molecule has 3 aromatic rings. The maximum Gasteiger partial charge on any atom is 0.277 e. The van der Waals surface area contributed by atoms with Crippen molar-refractivity contribution in [1.29, 1.82) is 0 Å². The summed E-state index contributed by atoms with van der Waals surface area (Å²) in [5, 5.41) is 10.1. The van der Waals surface area contributed by atoms with Gasteiger partial charge in [-0.05, 0) is 69.6 Å². The predicted octanol–water partition coefficient (Wildman–Crippen LogP) is 4.09. The molecule has 0 spiro atoms. The third kappa shape index (κ3) is 4.95. The molecule has 33 heavy (non-hydrogen) atoms. The van der Waals surface area contributed by atoms with Gasteiger partial charge in [0.05, 0.1) is 23.0 Å². The van der Waals surface area contributed by atoms with Crippen LogP contribution in [0.25, 0.3) is 10.6 Å². The van der Waals surface area contributed by atoms with Crippen molar-refractivity contribution in [1.82, 2.24) is 25.0 Å². The normalized spacial score (nSPS) is 16.2. The van der Waals surface area contributed by atoms with Crippen molar-refractivity contribution in [2.24, 2.45) is 13.0 Å². The summed E-state index contributed by atoms with van der Waals surface area (Å²) in [4.78, 5) is 34.8. The second-order valence-electron chi connectivity index (χ2n) is 8.91. The number of hydrogen-bond acceptors (Lipinski definition) is 7. The average molecular weight is 486 g/mol. The van der Waals surface area contributed by atoms with Crippen LogP contribution < -0.4 is 10.9 Å². The van der Waals surface area contributed by atoms with E-state index in [1.54, 1.807) is 18.4 Å². The van der Waals surface area contributed by atoms with Gasteiger partial charge in [0, 0.05) is 18.5 Å². The molecule has 1 aliphatic rings. The summed E-state index contributed by atoms with van der Waals surface area (Å²) >= 11 is 3.01. The summed E-state index contributed by atoms with van der Waals surface area (Å²) in [5.41, 5.74) is 2.55. The van der Waals surface area contributed by atoms with E-state index in [9.17, 15) is 9.59 Å². The molecule has 1 atom stereocenters. The Hall–Kier alpha value is -2.36. The van der Waals surface area contributed by atoms with Crippen molar-refractivity contribution < 1.29 is 4.79 Å². The number of thiazole rings is 1. The maximum absolute atomic E-state index is 13.2. The fourth-order valence-corrected chi connectivity index (χ4v) is 6.25. The van der Waals surface area contributed by atoms with Crippen molar-refractivity contribution in [2.75, 3.05) is 19.6 Å². The molecule has 1 N–H and O–H groups in total. The van der Waals surface area contributed by atoms with Gasteiger partial charge in [0.2, 0.25) is 0 Å². The van der Waals surface area contributed by atoms with Crippen molar-refractivity contribution in [3.05, 3.63) is 54.6 Å². The second kappa shape index (κ2) is 9.87. The lowest BCUT2D eigenvalue weighted by molar-refractivity contribution is 0.0918. The molecule has 3 aromatic heterocycles. The van der Waals surface area contributed by atoms with Gasteiger partial charge in [0.1, 0.15) is 9.88 Å². The van der Waals surface area contributed by atoms with Gasteiger partial charge < -0.3 is 5.32 Å². The van der Waals surface area contributed by atoms with Gasteiger partial charge >= 0.3 is 0 Å². The number of aromatic nitrogens is 3. The maximum atomic E-state index is 13.2. The molecule has 176 valence electrons. The summed E-state index contributed by atoms with van der Waals surface area (Å²) in [7, 11) is 1.64. The van der Waals surface area contributed by atoms with Crippen LogP contribution in [0, 0.1) is 26.7 Å². The van der Waals surface area contributed by atoms with Crippen LogP contribution in [0.4, 0.5) is 0 Å². The van der Waals surface area contributed by atoms with E-state index in [-0.39, 0.29) is 17.5 Å². The highest BCUT2D eigenvalue weighted by atomic mass is 32.1. The number of amides is 1. The third-order valence-electron chi connectivity index (χ3n) is 6.53. The van der Waals surface area contributed by atoms with Crippen LogP contribution in [0.2, 0.25) is 0 Å². The molecule has 4 rings (SSSR count). The van der Waals surface area contributed by atoms with Crippen LogP contribution in [0.1, 0.15) is 57.3 Å². The number of hydrogen-bond donors (Lipinski definition) is 1. The Balaban J connectivity index is 1.55. The molecular weight excluding hydrogens is 454 g/mol. The Labute approximate surface area is 202 Å². The third-order valence-corrected chi connectivity index (χ3v) is 8.68. The van der Waals surface area contributed by atoms with Crippen LogP contribution in [-0.4, -0.2) is 45.2 Å². The number of rotatable bonds is 6. The number of piperidine rings is 1. The van der Waals surface area contributed by atoms with Crippen molar-refractivity contribution in [2.45, 2.75) is 46.6 Å². The molecule has 1 amide bonds. The molecule has 0 aromatic carbocycles. The molecule has 1 aliphatic heterocycles. The first-order valence-electron chi connectivity index (χ1n) is 11.3. The number of thiophene rings is 1. The summed E-state index contributed by atoms with van der Waals surface area (Å²) in [5.74, 6) is 0.620. The molecular formula is C24H31N5O2S2. The van der Waals surface area contributed by atoms with Gasteiger partial charge in [-0.1, -0.05) is 13.0 Å². The summed E-state index contributed by atoms with van der Waals surface area (Å²) in [6, 6.07) is 4.40. The Morgan fingerprint density at radius 2 is 1.97 bits per heavy atom. The minimum absolute atomic E-state index is 0.136. The van der Waals surface area contributed by atoms with E-state index in [1.807, 2.05) is 20.8 Å². The lowest BCUT2D eigenvalue weighted by Crippen LogP contribution is -2.41. The molecule has 1 unspecified atom stereocenters. The highest BCUT2D eigenvalue weighted by Crippen LogP contribution is 2.31. The topological polar surface area (TPSA) is 80.1 Å². The van der Waals surface area contributed by atoms with E-state index in [0.29, 0.717) is 27.7 Å². The van der Waals surface area contributed by atoms with Gasteiger partial charge in [-0.3, -0.25) is 14.5 Å². The van der Waals surface area contributed by atoms with Gasteiger partial charge in [0.25, 0.3) is 11.5 Å². The molecule has 4 heterocycles. The number of carbonyl (C=O) groups is 1. The van der Waals surface area contributed by atoms with E-state index in [2.05, 4.69) is 44.7 Å². The first kappa shape index (κ1) is 23.8. The number of nitrogens with zero attached hydrogens (tertiary/aromatic N) is 4. The Morgan fingerprint density at radius 3 is 2.64 bits per heavy atom. The van der Waals surface area contributed by atoms with E-state index < -0.39 is 0 Å². The van der Waals surface area contributed by atoms with Gasteiger partial charge in [-0.2, -0.15) is 5.10 Å². The zero-order valence-corrected chi connectivity index (χ0v) is 21.5. The standard InChI is InChI=1S/C24H31N5O2S2/c1-14-8-10-29(11-9-14)18(19-7-6-12-32-19)13-25-22(30)21-17(4)26-23(33-21)20-15(2)16(3)27-28(5)24(20)31/h6-7,12,14,18H,8-11,13H2,1-5H3,(H,25,30). The monoisotopic (exact) mass is 485 g/mol. The van der Waals surface area contributed by atoms with E-state index in [1.165, 1.54) is 33.7 Å². The van der Waals surface area contributed by atoms with Crippen LogP contribution in [0.5, 0.6) is 0 Å². The quantitative estimate of drug-likeness (QED) is 0.569. The molecule has 1 saturated heterocycles. The van der Waals surface area contributed by atoms with Crippen molar-refractivity contribution >= 4 is 28.6 Å². The molecule has 1 fully saturated rings. The summed E-state index contributed by atoms with van der Waals surface area (Å²) in [6.07, 6.45) is 2.37. The first-order valence-corrected chi connectivity index (χ1v) is 13.0. The van der Waals surface area contributed by atoms with Crippen LogP contribution >= 0.6 is 22.7 Å². The molecule has 0 bridgehead atoms. The predicted molar refractivity (Wildman–Crippen MR) is 134 cm³/mol. The molecule has 0 radical (unpaired) electrons. The van der Waals surface area contributed by atoms with Crippen LogP contribution in [0.15, 0.2) is 22.3 Å². The summed E-state index contributed by atoms with van der Waals surface area (Å²) in [6.45, 7) is 10.5. The fraction of sp³-hybridized carbons (Fsp3) is 0.500. The zero-order valence-electron chi connectivity index (χ0n) is 19.8. The number of carbonyl (C=O) groups excluding carboxylic acids is 1. The average Bonchev–Trinajstić information content (AvgIpc) is 3.44. The van der Waals surface area contributed by atoms with Crippen LogP contribution in [0.3, 0.4) is 0 Å². The van der Waals surface area contributed by atoms with E-state index >= 15 is 0 Å². The van der Waals surface area contributed by atoms with Crippen molar-refractivity contribution in [3.8, 4) is 10.6 Å². The highest BCUT2D eigenvalue weighted by Gasteiger charge is 2.27. The molecule has 7 nitrogen and oxygen atoms in total. The number of aryl methyl sites for hydroxylation is 3. The highest BCUT2D eigenvalue weighted by molar-refractivity contribution is 7.17. The van der Waals surface area contributed by atoms with E-state index in [4.69, 9.17) is 0 Å². The van der Waals surface area contributed by atoms with Gasteiger partial charge in [-0.25, -0.2) is 9.67 Å². The molecule has 0 saturated carbocycles.